The minimum absolute atomic E-state index is 0.0812. The van der Waals surface area contributed by atoms with Crippen LogP contribution in [0.15, 0.2) is 70.3 Å². The second kappa shape index (κ2) is 11.5. The largest absolute Gasteiger partial charge is 0.438 e. The van der Waals surface area contributed by atoms with Gasteiger partial charge in [-0.15, -0.1) is 10.2 Å². The van der Waals surface area contributed by atoms with Crippen LogP contribution in [0, 0.1) is 0 Å². The second-order valence-electron chi connectivity index (χ2n) is 7.76. The van der Waals surface area contributed by atoms with Crippen LogP contribution in [0.1, 0.15) is 16.1 Å². The molecule has 0 unspecified atom stereocenters. The lowest BCUT2D eigenvalue weighted by atomic mass is 10.2. The maximum absolute atomic E-state index is 12.8. The van der Waals surface area contributed by atoms with Crippen molar-refractivity contribution in [3.05, 3.63) is 97.9 Å². The summed E-state index contributed by atoms with van der Waals surface area (Å²) in [6.07, 6.45) is 0. The summed E-state index contributed by atoms with van der Waals surface area (Å²) in [6.45, 7) is 0.111. The van der Waals surface area contributed by atoms with Crippen molar-refractivity contribution in [3.8, 4) is 11.6 Å². The molecule has 12 nitrogen and oxygen atoms in total. The summed E-state index contributed by atoms with van der Waals surface area (Å²) in [6, 6.07) is 16.6. The van der Waals surface area contributed by atoms with Crippen LogP contribution in [-0.2, 0) is 13.6 Å². The Labute approximate surface area is 215 Å². The minimum atomic E-state index is -0.688. The van der Waals surface area contributed by atoms with Crippen LogP contribution >= 0.6 is 11.6 Å². The molecule has 2 aromatic carbocycles. The third-order valence-electron chi connectivity index (χ3n) is 5.12. The highest BCUT2D eigenvalue weighted by Gasteiger charge is 2.13. The molecule has 0 spiro atoms. The summed E-state index contributed by atoms with van der Waals surface area (Å²) >= 11 is 5.95. The standard InChI is InChI=1S/C24H22ClN7O5/c1-31-23(35)28-22(32(24(31)36)14-15-2-4-16(25)5-3-15)27-17-6-8-18(9-7-17)37-20-11-10-19(29-30-20)21(34)26-12-13-33/h2-11,33H,12-14H2,1H3,(H,26,34)(H,27,28,35). The van der Waals surface area contributed by atoms with Crippen LogP contribution in [0.2, 0.25) is 5.02 Å². The fourth-order valence-electron chi connectivity index (χ4n) is 3.20. The van der Waals surface area contributed by atoms with Crippen molar-refractivity contribution in [2.24, 2.45) is 7.05 Å². The molecule has 3 N–H and O–H groups in total. The van der Waals surface area contributed by atoms with E-state index in [2.05, 4.69) is 25.8 Å². The van der Waals surface area contributed by atoms with Gasteiger partial charge in [-0.25, -0.2) is 14.2 Å². The summed E-state index contributed by atoms with van der Waals surface area (Å²) in [5, 5.41) is 22.5. The summed E-state index contributed by atoms with van der Waals surface area (Å²) in [7, 11) is 1.36. The topological polar surface area (TPSA) is 153 Å². The lowest BCUT2D eigenvalue weighted by molar-refractivity contribution is 0.0938. The summed E-state index contributed by atoms with van der Waals surface area (Å²) in [5.41, 5.74) is 0.235. The molecule has 0 aliphatic carbocycles. The van der Waals surface area contributed by atoms with E-state index in [0.29, 0.717) is 16.5 Å². The van der Waals surface area contributed by atoms with E-state index < -0.39 is 17.3 Å². The maximum Gasteiger partial charge on any atom is 0.354 e. The number of hydrogen-bond donors (Lipinski definition) is 3. The van der Waals surface area contributed by atoms with E-state index in [0.717, 1.165) is 10.1 Å². The van der Waals surface area contributed by atoms with Crippen LogP contribution in [0.25, 0.3) is 0 Å². The number of aliphatic hydroxyl groups excluding tert-OH is 1. The van der Waals surface area contributed by atoms with E-state index in [-0.39, 0.29) is 37.2 Å². The van der Waals surface area contributed by atoms with Gasteiger partial charge in [0.2, 0.25) is 11.8 Å². The molecule has 13 heteroatoms. The van der Waals surface area contributed by atoms with Crippen LogP contribution in [-0.4, -0.2) is 48.5 Å². The first-order chi connectivity index (χ1) is 17.8. The highest BCUT2D eigenvalue weighted by Crippen LogP contribution is 2.22. The van der Waals surface area contributed by atoms with Crippen molar-refractivity contribution >= 4 is 29.1 Å². The number of hydrogen-bond acceptors (Lipinski definition) is 9. The maximum atomic E-state index is 12.8. The molecule has 0 fully saturated rings. The lowest BCUT2D eigenvalue weighted by Gasteiger charge is -2.14. The van der Waals surface area contributed by atoms with Gasteiger partial charge < -0.3 is 20.5 Å². The average molecular weight is 524 g/mol. The molecule has 190 valence electrons. The highest BCUT2D eigenvalue weighted by atomic mass is 35.5. The van der Waals surface area contributed by atoms with Crippen molar-refractivity contribution in [2.75, 3.05) is 18.5 Å². The van der Waals surface area contributed by atoms with Gasteiger partial charge in [-0.3, -0.25) is 9.36 Å². The molecule has 0 bridgehead atoms. The molecule has 0 aliphatic heterocycles. The summed E-state index contributed by atoms with van der Waals surface area (Å²) in [5.74, 6) is 0.234. The molecular weight excluding hydrogens is 502 g/mol. The Hall–Kier alpha value is -4.55. The lowest BCUT2D eigenvalue weighted by Crippen LogP contribution is -2.41. The number of anilines is 2. The van der Waals surface area contributed by atoms with Gasteiger partial charge in [-0.1, -0.05) is 23.7 Å². The number of amides is 1. The number of aromatic nitrogens is 5. The van der Waals surface area contributed by atoms with E-state index in [4.69, 9.17) is 21.4 Å². The SMILES string of the molecule is Cn1c(=O)nc(Nc2ccc(Oc3ccc(C(=O)NCCO)nn3)cc2)n(Cc2ccc(Cl)cc2)c1=O. The summed E-state index contributed by atoms with van der Waals surface area (Å²) < 4.78 is 7.94. The van der Waals surface area contributed by atoms with Crippen molar-refractivity contribution in [1.82, 2.24) is 29.6 Å². The van der Waals surface area contributed by atoms with Crippen LogP contribution in [0.3, 0.4) is 0 Å². The zero-order chi connectivity index (χ0) is 26.4. The van der Waals surface area contributed by atoms with Crippen molar-refractivity contribution in [3.63, 3.8) is 0 Å². The molecule has 1 amide bonds. The fraction of sp³-hybridized carbons (Fsp3) is 0.167. The zero-order valence-corrected chi connectivity index (χ0v) is 20.3. The Morgan fingerprint density at radius 1 is 1.03 bits per heavy atom. The van der Waals surface area contributed by atoms with E-state index in [9.17, 15) is 14.4 Å². The quantitative estimate of drug-likeness (QED) is 0.297. The van der Waals surface area contributed by atoms with Gasteiger partial charge in [-0.05, 0) is 48.0 Å². The normalized spacial score (nSPS) is 10.7. The molecule has 0 atom stereocenters. The number of nitrogens with zero attached hydrogens (tertiary/aromatic N) is 5. The molecule has 4 aromatic rings. The predicted molar refractivity (Wildman–Crippen MR) is 136 cm³/mol. The van der Waals surface area contributed by atoms with Crippen molar-refractivity contribution < 1.29 is 14.6 Å². The summed E-state index contributed by atoms with van der Waals surface area (Å²) in [4.78, 5) is 40.8. The van der Waals surface area contributed by atoms with E-state index in [1.54, 1.807) is 48.5 Å². The Kier molecular flexibility index (Phi) is 7.91. The van der Waals surface area contributed by atoms with Gasteiger partial charge in [-0.2, -0.15) is 4.98 Å². The minimum Gasteiger partial charge on any atom is -0.438 e. The number of ether oxygens (including phenoxy) is 1. The Morgan fingerprint density at radius 2 is 1.76 bits per heavy atom. The molecule has 0 aliphatic rings. The van der Waals surface area contributed by atoms with Gasteiger partial charge in [0.05, 0.1) is 13.2 Å². The molecule has 0 saturated carbocycles. The number of halogens is 1. The van der Waals surface area contributed by atoms with E-state index in [1.807, 2.05) is 0 Å². The fourth-order valence-corrected chi connectivity index (χ4v) is 3.33. The van der Waals surface area contributed by atoms with Crippen molar-refractivity contribution in [1.29, 1.82) is 0 Å². The molecule has 2 heterocycles. The van der Waals surface area contributed by atoms with E-state index in [1.165, 1.54) is 23.7 Å². The number of benzene rings is 2. The van der Waals surface area contributed by atoms with Gasteiger partial charge >= 0.3 is 11.4 Å². The third-order valence-corrected chi connectivity index (χ3v) is 5.37. The highest BCUT2D eigenvalue weighted by molar-refractivity contribution is 6.30. The smallest absolute Gasteiger partial charge is 0.354 e. The van der Waals surface area contributed by atoms with Crippen molar-refractivity contribution in [2.45, 2.75) is 6.54 Å². The van der Waals surface area contributed by atoms with Crippen LogP contribution in [0.4, 0.5) is 11.6 Å². The van der Waals surface area contributed by atoms with Gasteiger partial charge in [0.25, 0.3) is 5.91 Å². The average Bonchev–Trinajstić information content (AvgIpc) is 2.91. The first kappa shape index (κ1) is 25.5. The van der Waals surface area contributed by atoms with Gasteiger partial charge in [0.15, 0.2) is 5.69 Å². The van der Waals surface area contributed by atoms with Crippen LogP contribution < -0.4 is 26.7 Å². The Bertz CT molecular complexity index is 1500. The molecule has 37 heavy (non-hydrogen) atoms. The molecular formula is C24H22ClN7O5. The molecule has 4 rings (SSSR count). The Morgan fingerprint density at radius 3 is 2.41 bits per heavy atom. The number of nitrogens with one attached hydrogen (secondary N) is 2. The third kappa shape index (κ3) is 6.37. The van der Waals surface area contributed by atoms with Gasteiger partial charge in [0, 0.05) is 30.4 Å². The molecule has 0 saturated heterocycles. The van der Waals surface area contributed by atoms with E-state index >= 15 is 0 Å². The second-order valence-corrected chi connectivity index (χ2v) is 8.20. The van der Waals surface area contributed by atoms with Crippen LogP contribution in [0.5, 0.6) is 11.6 Å². The monoisotopic (exact) mass is 523 g/mol. The number of rotatable bonds is 9. The predicted octanol–water partition coefficient (Wildman–Crippen LogP) is 1.69. The first-order valence-electron chi connectivity index (χ1n) is 11.0. The number of carbonyl (C=O) groups excluding carboxylic acids is 1. The van der Waals surface area contributed by atoms with Gasteiger partial charge in [0.1, 0.15) is 5.75 Å². The molecule has 2 aromatic heterocycles. The Balaban J connectivity index is 1.49. The number of aliphatic hydroxyl groups is 1. The zero-order valence-electron chi connectivity index (χ0n) is 19.6. The first-order valence-corrected chi connectivity index (χ1v) is 11.4. The number of carbonyl (C=O) groups is 1. The molecule has 0 radical (unpaired) electrons.